The molecular formula is C16H27ClN2. The Kier molecular flexibility index (Phi) is 6.50. The smallest absolute Gasteiger partial charge is 0.0789 e. The largest absolute Gasteiger partial charge is 0.397 e. The Hall–Kier alpha value is -0.890. The fourth-order valence-electron chi connectivity index (χ4n) is 2.03. The summed E-state index contributed by atoms with van der Waals surface area (Å²) >= 11 is 6.33. The number of hydrogen-bond donors (Lipinski definition) is 1. The molecule has 0 radical (unpaired) electrons. The van der Waals surface area contributed by atoms with Gasteiger partial charge in [0.25, 0.3) is 0 Å². The molecule has 0 heterocycles. The summed E-state index contributed by atoms with van der Waals surface area (Å²) in [6, 6.07) is 5.76. The van der Waals surface area contributed by atoms with E-state index in [0.717, 1.165) is 42.3 Å². The first kappa shape index (κ1) is 16.2. The Morgan fingerprint density at radius 2 is 1.58 bits per heavy atom. The Balaban J connectivity index is 2.87. The van der Waals surface area contributed by atoms with Crippen LogP contribution in [0.4, 0.5) is 11.4 Å². The van der Waals surface area contributed by atoms with Gasteiger partial charge < -0.3 is 10.6 Å². The number of halogens is 1. The van der Waals surface area contributed by atoms with Gasteiger partial charge in [-0.25, -0.2) is 0 Å². The lowest BCUT2D eigenvalue weighted by Crippen LogP contribution is -2.28. The number of hydrogen-bond acceptors (Lipinski definition) is 2. The molecule has 1 aromatic rings. The summed E-state index contributed by atoms with van der Waals surface area (Å²) in [6.07, 6.45) is 2.31. The molecule has 0 aliphatic heterocycles. The molecule has 0 atom stereocenters. The molecule has 0 unspecified atom stereocenters. The number of nitrogens with zero attached hydrogens (tertiary/aromatic N) is 1. The maximum atomic E-state index is 6.33. The van der Waals surface area contributed by atoms with Crippen LogP contribution in [0, 0.1) is 11.8 Å². The second kappa shape index (κ2) is 7.64. The molecule has 3 heteroatoms. The lowest BCUT2D eigenvalue weighted by Gasteiger charge is -2.28. The van der Waals surface area contributed by atoms with Crippen LogP contribution >= 0.6 is 11.6 Å². The molecule has 0 saturated heterocycles. The zero-order chi connectivity index (χ0) is 14.4. The highest BCUT2D eigenvalue weighted by Gasteiger charge is 2.14. The lowest BCUT2D eigenvalue weighted by molar-refractivity contribution is 0.535. The first-order valence-electron chi connectivity index (χ1n) is 7.20. The van der Waals surface area contributed by atoms with Crippen molar-refractivity contribution in [2.45, 2.75) is 40.5 Å². The van der Waals surface area contributed by atoms with Crippen molar-refractivity contribution in [2.75, 3.05) is 23.7 Å². The fourth-order valence-corrected chi connectivity index (χ4v) is 2.33. The molecule has 0 aliphatic rings. The summed E-state index contributed by atoms with van der Waals surface area (Å²) < 4.78 is 0. The summed E-state index contributed by atoms with van der Waals surface area (Å²) in [5.74, 6) is 1.37. The molecule has 1 rings (SSSR count). The summed E-state index contributed by atoms with van der Waals surface area (Å²) in [5, 5.41) is 0.757. The Labute approximate surface area is 122 Å². The molecule has 0 aliphatic carbocycles. The van der Waals surface area contributed by atoms with Crippen LogP contribution in [0.1, 0.15) is 40.5 Å². The topological polar surface area (TPSA) is 29.3 Å². The summed E-state index contributed by atoms with van der Waals surface area (Å²) in [4.78, 5) is 2.34. The molecule has 2 nitrogen and oxygen atoms in total. The fraction of sp³-hybridized carbons (Fsp3) is 0.625. The monoisotopic (exact) mass is 282 g/mol. The quantitative estimate of drug-likeness (QED) is 0.727. The third-order valence-corrected chi connectivity index (χ3v) is 3.59. The first-order valence-corrected chi connectivity index (χ1v) is 7.58. The average Bonchev–Trinajstić information content (AvgIpc) is 2.30. The zero-order valence-electron chi connectivity index (χ0n) is 12.6. The van der Waals surface area contributed by atoms with E-state index in [1.807, 2.05) is 18.2 Å². The third-order valence-electron chi connectivity index (χ3n) is 3.29. The van der Waals surface area contributed by atoms with Crippen LogP contribution in [-0.4, -0.2) is 13.1 Å². The SMILES string of the molecule is CC(C)CCN(CCC(C)C)c1c(N)cccc1Cl. The molecule has 0 fully saturated rings. The van der Waals surface area contributed by atoms with Crippen molar-refractivity contribution in [3.8, 4) is 0 Å². The van der Waals surface area contributed by atoms with Gasteiger partial charge in [0.15, 0.2) is 0 Å². The maximum absolute atomic E-state index is 6.33. The highest BCUT2D eigenvalue weighted by Crippen LogP contribution is 2.32. The van der Waals surface area contributed by atoms with Gasteiger partial charge in [-0.3, -0.25) is 0 Å². The lowest BCUT2D eigenvalue weighted by atomic mass is 10.1. The van der Waals surface area contributed by atoms with Crippen molar-refractivity contribution < 1.29 is 0 Å². The van der Waals surface area contributed by atoms with E-state index in [2.05, 4.69) is 32.6 Å². The second-order valence-electron chi connectivity index (χ2n) is 6.03. The van der Waals surface area contributed by atoms with E-state index in [0.29, 0.717) is 11.8 Å². The number of anilines is 2. The summed E-state index contributed by atoms with van der Waals surface area (Å²) in [5.41, 5.74) is 7.89. The zero-order valence-corrected chi connectivity index (χ0v) is 13.4. The number of nitrogens with two attached hydrogens (primary N) is 1. The van der Waals surface area contributed by atoms with E-state index in [9.17, 15) is 0 Å². The van der Waals surface area contributed by atoms with Gasteiger partial charge in [0.1, 0.15) is 0 Å². The number of rotatable bonds is 7. The standard InChI is InChI=1S/C16H27ClN2/c1-12(2)8-10-19(11-9-13(3)4)16-14(17)6-5-7-15(16)18/h5-7,12-13H,8-11,18H2,1-4H3. The highest BCUT2D eigenvalue weighted by atomic mass is 35.5. The van der Waals surface area contributed by atoms with Crippen molar-refractivity contribution in [3.63, 3.8) is 0 Å². The molecule has 0 saturated carbocycles. The van der Waals surface area contributed by atoms with E-state index in [1.54, 1.807) is 0 Å². The number of benzene rings is 1. The van der Waals surface area contributed by atoms with Crippen LogP contribution in [0.25, 0.3) is 0 Å². The molecule has 0 bridgehead atoms. The van der Waals surface area contributed by atoms with E-state index < -0.39 is 0 Å². The van der Waals surface area contributed by atoms with Crippen molar-refractivity contribution >= 4 is 23.0 Å². The van der Waals surface area contributed by atoms with E-state index >= 15 is 0 Å². The van der Waals surface area contributed by atoms with Crippen LogP contribution in [0.5, 0.6) is 0 Å². The van der Waals surface area contributed by atoms with Gasteiger partial charge in [-0.15, -0.1) is 0 Å². The van der Waals surface area contributed by atoms with Crippen LogP contribution in [0.2, 0.25) is 5.02 Å². The molecule has 0 amide bonds. The summed E-state index contributed by atoms with van der Waals surface area (Å²) in [7, 11) is 0. The minimum atomic E-state index is 0.685. The third kappa shape index (κ3) is 5.32. The molecular weight excluding hydrogens is 256 g/mol. The molecule has 0 spiro atoms. The minimum Gasteiger partial charge on any atom is -0.397 e. The molecule has 0 aromatic heterocycles. The summed E-state index contributed by atoms with van der Waals surface area (Å²) in [6.45, 7) is 11.0. The van der Waals surface area contributed by atoms with Gasteiger partial charge >= 0.3 is 0 Å². The Bertz CT molecular complexity index is 356. The normalized spacial score (nSPS) is 11.3. The number of nitrogen functional groups attached to an aromatic ring is 1. The van der Waals surface area contributed by atoms with Crippen LogP contribution in [0.3, 0.4) is 0 Å². The predicted molar refractivity (Wildman–Crippen MR) is 87.0 cm³/mol. The van der Waals surface area contributed by atoms with Gasteiger partial charge in [0, 0.05) is 13.1 Å². The first-order chi connectivity index (χ1) is 8.91. The second-order valence-corrected chi connectivity index (χ2v) is 6.44. The van der Waals surface area contributed by atoms with Crippen LogP contribution in [-0.2, 0) is 0 Å². The van der Waals surface area contributed by atoms with Gasteiger partial charge in [-0.05, 0) is 36.8 Å². The molecule has 2 N–H and O–H groups in total. The van der Waals surface area contributed by atoms with Crippen LogP contribution < -0.4 is 10.6 Å². The van der Waals surface area contributed by atoms with Crippen molar-refractivity contribution in [1.29, 1.82) is 0 Å². The average molecular weight is 283 g/mol. The minimum absolute atomic E-state index is 0.685. The van der Waals surface area contributed by atoms with Gasteiger partial charge in [0.05, 0.1) is 16.4 Å². The molecule has 1 aromatic carbocycles. The van der Waals surface area contributed by atoms with Gasteiger partial charge in [-0.2, -0.15) is 0 Å². The Morgan fingerprint density at radius 3 is 2.00 bits per heavy atom. The van der Waals surface area contributed by atoms with Gasteiger partial charge in [0.2, 0.25) is 0 Å². The Morgan fingerprint density at radius 1 is 1.05 bits per heavy atom. The van der Waals surface area contributed by atoms with E-state index in [-0.39, 0.29) is 0 Å². The van der Waals surface area contributed by atoms with Crippen molar-refractivity contribution in [1.82, 2.24) is 0 Å². The van der Waals surface area contributed by atoms with Gasteiger partial charge in [-0.1, -0.05) is 45.4 Å². The van der Waals surface area contributed by atoms with Crippen molar-refractivity contribution in [3.05, 3.63) is 23.2 Å². The number of para-hydroxylation sites is 1. The molecule has 19 heavy (non-hydrogen) atoms. The molecule has 108 valence electrons. The van der Waals surface area contributed by atoms with E-state index in [1.165, 1.54) is 0 Å². The highest BCUT2D eigenvalue weighted by molar-refractivity contribution is 6.34. The maximum Gasteiger partial charge on any atom is 0.0789 e. The predicted octanol–water partition coefficient (Wildman–Crippen LogP) is 4.82. The van der Waals surface area contributed by atoms with Crippen LogP contribution in [0.15, 0.2) is 18.2 Å². The van der Waals surface area contributed by atoms with E-state index in [4.69, 9.17) is 17.3 Å². The van der Waals surface area contributed by atoms with Crippen molar-refractivity contribution in [2.24, 2.45) is 11.8 Å².